The molecule has 2 saturated heterocycles. The van der Waals surface area contributed by atoms with Gasteiger partial charge in [0.25, 0.3) is 11.8 Å². The van der Waals surface area contributed by atoms with Crippen molar-refractivity contribution in [2.45, 2.75) is 12.8 Å². The Bertz CT molecular complexity index is 1150. The maximum Gasteiger partial charge on any atom is 0.251 e. The van der Waals surface area contributed by atoms with Gasteiger partial charge < -0.3 is 24.5 Å². The molecule has 2 amide bonds. The summed E-state index contributed by atoms with van der Waals surface area (Å²) in [6.07, 6.45) is 1.83. The van der Waals surface area contributed by atoms with Crippen molar-refractivity contribution in [3.8, 4) is 22.6 Å². The van der Waals surface area contributed by atoms with Crippen molar-refractivity contribution in [1.29, 1.82) is 0 Å². The number of carbonyl (C=O) groups excluding carboxylic acids is 2. The summed E-state index contributed by atoms with van der Waals surface area (Å²) in [5.41, 5.74) is 3.05. The van der Waals surface area contributed by atoms with Crippen LogP contribution in [0.25, 0.3) is 22.6 Å². The standard InChI is InChI=1S/C32H40N4O5/c37-31(33-13-1-15-35-17-21-39-22-18-35)27-7-3-25(4-8-27)29-11-12-30(41-29)26-5-9-28(10-6-26)32(38)34-14-2-16-36-19-23-40-24-20-36/h3-12H,1-2,13-24H2,(H,33,37)(H,34,38). The van der Waals surface area contributed by atoms with Gasteiger partial charge in [-0.3, -0.25) is 19.4 Å². The van der Waals surface area contributed by atoms with Gasteiger partial charge >= 0.3 is 0 Å². The number of furan rings is 1. The van der Waals surface area contributed by atoms with Gasteiger partial charge in [-0.1, -0.05) is 24.3 Å². The fourth-order valence-corrected chi connectivity index (χ4v) is 5.08. The molecule has 2 aliphatic rings. The van der Waals surface area contributed by atoms with Crippen LogP contribution < -0.4 is 10.6 Å². The van der Waals surface area contributed by atoms with Gasteiger partial charge in [0.15, 0.2) is 0 Å². The third-order valence-electron chi connectivity index (χ3n) is 7.55. The average Bonchev–Trinajstić information content (AvgIpc) is 3.53. The van der Waals surface area contributed by atoms with E-state index in [2.05, 4.69) is 20.4 Å². The third kappa shape index (κ3) is 8.50. The average molecular weight is 561 g/mol. The molecule has 9 heteroatoms. The maximum atomic E-state index is 12.5. The van der Waals surface area contributed by atoms with Crippen LogP contribution in [0, 0.1) is 0 Å². The van der Waals surface area contributed by atoms with E-state index in [-0.39, 0.29) is 11.8 Å². The summed E-state index contributed by atoms with van der Waals surface area (Å²) in [6, 6.07) is 18.7. The zero-order valence-electron chi connectivity index (χ0n) is 23.6. The van der Waals surface area contributed by atoms with Crippen LogP contribution in [0.1, 0.15) is 33.6 Å². The number of nitrogens with zero attached hydrogens (tertiary/aromatic N) is 2. The molecule has 41 heavy (non-hydrogen) atoms. The lowest BCUT2D eigenvalue weighted by atomic mass is 10.1. The summed E-state index contributed by atoms with van der Waals surface area (Å²) in [5.74, 6) is 1.30. The van der Waals surface area contributed by atoms with Crippen LogP contribution >= 0.6 is 0 Å². The molecule has 2 N–H and O–H groups in total. The summed E-state index contributed by atoms with van der Waals surface area (Å²) in [6.45, 7) is 10.2. The van der Waals surface area contributed by atoms with Crippen molar-refractivity contribution < 1.29 is 23.5 Å². The zero-order valence-corrected chi connectivity index (χ0v) is 23.6. The number of morpholine rings is 2. The predicted molar refractivity (Wildman–Crippen MR) is 158 cm³/mol. The molecule has 2 fully saturated rings. The molecule has 3 aromatic rings. The smallest absolute Gasteiger partial charge is 0.251 e. The van der Waals surface area contributed by atoms with Crippen molar-refractivity contribution in [3.05, 3.63) is 71.8 Å². The number of amides is 2. The molecule has 0 unspecified atom stereocenters. The molecular formula is C32H40N4O5. The van der Waals surface area contributed by atoms with Crippen molar-refractivity contribution in [2.24, 2.45) is 0 Å². The number of hydrogen-bond acceptors (Lipinski definition) is 7. The summed E-state index contributed by atoms with van der Waals surface area (Å²) in [7, 11) is 0. The van der Waals surface area contributed by atoms with E-state index in [1.165, 1.54) is 0 Å². The predicted octanol–water partition coefficient (Wildman–Crippen LogP) is 3.52. The highest BCUT2D eigenvalue weighted by molar-refractivity contribution is 5.95. The first-order valence-corrected chi connectivity index (χ1v) is 14.6. The SMILES string of the molecule is O=C(NCCCN1CCOCC1)c1ccc(-c2ccc(-c3ccc(C(=O)NCCCN4CCOCC4)cc3)o2)cc1. The Labute approximate surface area is 241 Å². The van der Waals surface area contributed by atoms with Crippen LogP contribution in [-0.4, -0.2) is 100 Å². The lowest BCUT2D eigenvalue weighted by molar-refractivity contribution is 0.0373. The highest BCUT2D eigenvalue weighted by Crippen LogP contribution is 2.29. The topological polar surface area (TPSA) is 96.3 Å². The van der Waals surface area contributed by atoms with Gasteiger partial charge in [0.2, 0.25) is 0 Å². The molecule has 9 nitrogen and oxygen atoms in total. The molecule has 0 bridgehead atoms. The zero-order chi connectivity index (χ0) is 28.3. The van der Waals surface area contributed by atoms with E-state index in [4.69, 9.17) is 13.9 Å². The summed E-state index contributed by atoms with van der Waals surface area (Å²) in [5, 5.41) is 6.02. The van der Waals surface area contributed by atoms with Crippen LogP contribution in [-0.2, 0) is 9.47 Å². The van der Waals surface area contributed by atoms with Gasteiger partial charge in [0, 0.05) is 61.5 Å². The van der Waals surface area contributed by atoms with Crippen molar-refractivity contribution >= 4 is 11.8 Å². The van der Waals surface area contributed by atoms with E-state index < -0.39 is 0 Å². The second kappa shape index (κ2) is 14.9. The Morgan fingerprint density at radius 2 is 0.976 bits per heavy atom. The van der Waals surface area contributed by atoms with Gasteiger partial charge in [-0.2, -0.15) is 0 Å². The molecule has 3 heterocycles. The Morgan fingerprint density at radius 3 is 1.37 bits per heavy atom. The third-order valence-corrected chi connectivity index (χ3v) is 7.55. The van der Waals surface area contributed by atoms with Gasteiger partial charge in [0.1, 0.15) is 11.5 Å². The minimum absolute atomic E-state index is 0.0695. The summed E-state index contributed by atoms with van der Waals surface area (Å²) in [4.78, 5) is 29.8. The van der Waals surface area contributed by atoms with Crippen molar-refractivity contribution in [1.82, 2.24) is 20.4 Å². The summed E-state index contributed by atoms with van der Waals surface area (Å²) >= 11 is 0. The Balaban J connectivity index is 1.06. The minimum Gasteiger partial charge on any atom is -0.456 e. The molecule has 0 spiro atoms. The highest BCUT2D eigenvalue weighted by atomic mass is 16.5. The molecule has 218 valence electrons. The second-order valence-corrected chi connectivity index (χ2v) is 10.4. The lowest BCUT2D eigenvalue weighted by Crippen LogP contribution is -2.38. The fourth-order valence-electron chi connectivity index (χ4n) is 5.08. The van der Waals surface area contributed by atoms with Gasteiger partial charge in [-0.25, -0.2) is 0 Å². The fraction of sp³-hybridized carbons (Fsp3) is 0.438. The number of ether oxygens (including phenoxy) is 2. The number of benzene rings is 2. The molecule has 2 aliphatic heterocycles. The maximum absolute atomic E-state index is 12.5. The Hall–Kier alpha value is -3.50. The largest absolute Gasteiger partial charge is 0.456 e. The monoisotopic (exact) mass is 560 g/mol. The van der Waals surface area contributed by atoms with Crippen LogP contribution in [0.3, 0.4) is 0 Å². The first kappa shape index (κ1) is 29.0. The first-order chi connectivity index (χ1) is 20.2. The highest BCUT2D eigenvalue weighted by Gasteiger charge is 2.13. The Kier molecular flexibility index (Phi) is 10.6. The van der Waals surface area contributed by atoms with Crippen LogP contribution in [0.15, 0.2) is 65.1 Å². The number of nitrogens with one attached hydrogen (secondary N) is 2. The summed E-state index contributed by atoms with van der Waals surface area (Å²) < 4.78 is 16.8. The number of carbonyl (C=O) groups is 2. The quantitative estimate of drug-likeness (QED) is 0.327. The van der Waals surface area contributed by atoms with E-state index in [1.807, 2.05) is 60.7 Å². The lowest BCUT2D eigenvalue weighted by Gasteiger charge is -2.26. The molecule has 2 aromatic carbocycles. The normalized spacial score (nSPS) is 16.4. The molecule has 5 rings (SSSR count). The molecule has 0 aliphatic carbocycles. The second-order valence-electron chi connectivity index (χ2n) is 10.4. The molecular weight excluding hydrogens is 520 g/mol. The minimum atomic E-state index is -0.0695. The number of rotatable bonds is 12. The first-order valence-electron chi connectivity index (χ1n) is 14.6. The van der Waals surface area contributed by atoms with Gasteiger partial charge in [0.05, 0.1) is 26.4 Å². The van der Waals surface area contributed by atoms with Crippen molar-refractivity contribution in [2.75, 3.05) is 78.8 Å². The van der Waals surface area contributed by atoms with E-state index in [0.29, 0.717) is 24.2 Å². The van der Waals surface area contributed by atoms with E-state index in [9.17, 15) is 9.59 Å². The van der Waals surface area contributed by atoms with Crippen LogP contribution in [0.5, 0.6) is 0 Å². The van der Waals surface area contributed by atoms with Crippen LogP contribution in [0.2, 0.25) is 0 Å². The van der Waals surface area contributed by atoms with Crippen molar-refractivity contribution in [3.63, 3.8) is 0 Å². The number of hydrogen-bond donors (Lipinski definition) is 2. The van der Waals surface area contributed by atoms with E-state index >= 15 is 0 Å². The molecule has 0 saturated carbocycles. The van der Waals surface area contributed by atoms with Gasteiger partial charge in [-0.15, -0.1) is 0 Å². The van der Waals surface area contributed by atoms with E-state index in [0.717, 1.165) is 101 Å². The van der Waals surface area contributed by atoms with Crippen LogP contribution in [0.4, 0.5) is 0 Å². The van der Waals surface area contributed by atoms with Gasteiger partial charge in [-0.05, 0) is 62.3 Å². The molecule has 0 radical (unpaired) electrons. The molecule has 1 aromatic heterocycles. The van der Waals surface area contributed by atoms with E-state index in [1.54, 1.807) is 0 Å². The molecule has 0 atom stereocenters. The Morgan fingerprint density at radius 1 is 0.585 bits per heavy atom.